The molecule has 1 rings (SSSR count). The molecule has 2 heteroatoms. The lowest BCUT2D eigenvalue weighted by atomic mass is 9.98. The largest absolute Gasteiger partial charge is 0.224 e. The number of benzene rings is 1. The maximum absolute atomic E-state index is 6.62. The first-order valence-electron chi connectivity index (χ1n) is 10.6. The van der Waals surface area contributed by atoms with Crippen LogP contribution in [0.1, 0.15) is 89.5 Å². The van der Waals surface area contributed by atoms with Crippen LogP contribution in [0.5, 0.6) is 0 Å². The van der Waals surface area contributed by atoms with Gasteiger partial charge in [0.25, 0.3) is 0 Å². The molecule has 0 saturated heterocycles. The van der Waals surface area contributed by atoms with E-state index in [1.165, 1.54) is 82.6 Å². The lowest BCUT2D eigenvalue weighted by molar-refractivity contribution is -0.801. The molecule has 1 unspecified atom stereocenters. The molecule has 0 aliphatic heterocycles. The molecule has 1 aromatic rings. The Morgan fingerprint density at radius 3 is 1.72 bits per heavy atom. The van der Waals surface area contributed by atoms with Gasteiger partial charge >= 0.3 is 0 Å². The van der Waals surface area contributed by atoms with Crippen LogP contribution in [0.2, 0.25) is 0 Å². The van der Waals surface area contributed by atoms with E-state index in [1.54, 1.807) is 0 Å². The molecule has 0 fully saturated rings. The predicted molar refractivity (Wildman–Crippen MR) is 113 cm³/mol. The van der Waals surface area contributed by atoms with E-state index in [4.69, 9.17) is 11.8 Å². The van der Waals surface area contributed by atoms with Crippen molar-refractivity contribution in [3.8, 4) is 0 Å². The lowest BCUT2D eigenvalue weighted by Crippen LogP contribution is -2.41. The van der Waals surface area contributed by atoms with Gasteiger partial charge in [-0.2, -0.15) is 0 Å². The van der Waals surface area contributed by atoms with Gasteiger partial charge in [-0.1, -0.05) is 101 Å². The van der Waals surface area contributed by atoms with E-state index in [0.717, 1.165) is 6.42 Å². The average molecular weight is 367 g/mol. The Kier molecular flexibility index (Phi) is 12.3. The Balaban J connectivity index is 2.11. The van der Waals surface area contributed by atoms with Gasteiger partial charge in [0.05, 0.1) is 14.1 Å². The molecule has 0 aliphatic carbocycles. The van der Waals surface area contributed by atoms with Crippen LogP contribution in [0.3, 0.4) is 0 Å². The van der Waals surface area contributed by atoms with Gasteiger partial charge in [-0.15, -0.1) is 0 Å². The monoisotopic (exact) mass is 366 g/mol. The standard InChI is InChI=1S/C23H41ClN/c1-4-5-6-7-8-9-10-11-12-13-17-20-23(25(2,3)24)21-22-18-15-14-16-19-22/h14-16,18-19,23H,4-13,17,20-21H2,1-3H3/q+1. The van der Waals surface area contributed by atoms with E-state index >= 15 is 0 Å². The van der Waals surface area contributed by atoms with Crippen LogP contribution in [-0.4, -0.2) is 24.1 Å². The maximum atomic E-state index is 6.62. The van der Waals surface area contributed by atoms with Crippen molar-refractivity contribution in [3.05, 3.63) is 35.9 Å². The number of quaternary nitrogens is 1. The zero-order chi connectivity index (χ0) is 18.4. The summed E-state index contributed by atoms with van der Waals surface area (Å²) in [6.07, 6.45) is 17.7. The van der Waals surface area contributed by atoms with Gasteiger partial charge < -0.3 is 0 Å². The minimum Gasteiger partial charge on any atom is -0.224 e. The van der Waals surface area contributed by atoms with Gasteiger partial charge in [0.2, 0.25) is 0 Å². The summed E-state index contributed by atoms with van der Waals surface area (Å²) in [7, 11) is 4.24. The number of nitrogens with zero attached hydrogens (tertiary/aromatic N) is 1. The van der Waals surface area contributed by atoms with Crippen molar-refractivity contribution < 1.29 is 4.00 Å². The predicted octanol–water partition coefficient (Wildman–Crippen LogP) is 7.53. The van der Waals surface area contributed by atoms with E-state index in [1.807, 2.05) is 0 Å². The second-order valence-electron chi connectivity index (χ2n) is 8.07. The highest BCUT2D eigenvalue weighted by Crippen LogP contribution is 2.22. The van der Waals surface area contributed by atoms with E-state index in [0.29, 0.717) is 10.0 Å². The molecule has 1 atom stereocenters. The maximum Gasteiger partial charge on any atom is 0.165 e. The SMILES string of the molecule is CCCCCCCCCCCCCC(Cc1ccccc1)[N+](C)(C)Cl. The molecule has 0 heterocycles. The minimum atomic E-state index is 0.502. The van der Waals surface area contributed by atoms with E-state index in [9.17, 15) is 0 Å². The summed E-state index contributed by atoms with van der Waals surface area (Å²) in [6, 6.07) is 11.3. The van der Waals surface area contributed by atoms with E-state index in [-0.39, 0.29) is 0 Å². The topological polar surface area (TPSA) is 0 Å². The fourth-order valence-electron chi connectivity index (χ4n) is 3.56. The smallest absolute Gasteiger partial charge is 0.165 e. The second kappa shape index (κ2) is 13.6. The Hall–Kier alpha value is -0.530. The molecule has 1 aromatic carbocycles. The number of hydrogen-bond donors (Lipinski definition) is 0. The number of rotatable bonds is 15. The lowest BCUT2D eigenvalue weighted by Gasteiger charge is -2.29. The third-order valence-electron chi connectivity index (χ3n) is 5.32. The summed E-state index contributed by atoms with van der Waals surface area (Å²) < 4.78 is 0.548. The molecular weight excluding hydrogens is 326 g/mol. The van der Waals surface area contributed by atoms with Crippen molar-refractivity contribution >= 4 is 11.8 Å². The number of halogens is 1. The van der Waals surface area contributed by atoms with Crippen LogP contribution in [0, 0.1) is 0 Å². The van der Waals surface area contributed by atoms with Crippen LogP contribution >= 0.6 is 11.8 Å². The zero-order valence-electron chi connectivity index (χ0n) is 17.0. The third kappa shape index (κ3) is 11.7. The van der Waals surface area contributed by atoms with Crippen LogP contribution in [0.4, 0.5) is 0 Å². The molecule has 0 saturated carbocycles. The Morgan fingerprint density at radius 2 is 1.24 bits per heavy atom. The van der Waals surface area contributed by atoms with Crippen LogP contribution in [0.15, 0.2) is 30.3 Å². The molecule has 0 amide bonds. The van der Waals surface area contributed by atoms with Crippen molar-refractivity contribution in [2.45, 2.75) is 96.4 Å². The minimum absolute atomic E-state index is 0.502. The molecule has 0 aromatic heterocycles. The summed E-state index contributed by atoms with van der Waals surface area (Å²) in [6.45, 7) is 2.29. The highest BCUT2D eigenvalue weighted by Gasteiger charge is 2.26. The van der Waals surface area contributed by atoms with Gasteiger partial charge in [0, 0.05) is 12.8 Å². The van der Waals surface area contributed by atoms with Crippen LogP contribution in [-0.2, 0) is 6.42 Å². The third-order valence-corrected chi connectivity index (χ3v) is 5.60. The quantitative estimate of drug-likeness (QED) is 0.222. The normalized spacial score (nSPS) is 13.1. The van der Waals surface area contributed by atoms with Crippen LogP contribution in [0.25, 0.3) is 0 Å². The first-order valence-corrected chi connectivity index (χ1v) is 10.9. The molecule has 0 bridgehead atoms. The fraction of sp³-hybridized carbons (Fsp3) is 0.739. The molecule has 0 N–H and O–H groups in total. The summed E-state index contributed by atoms with van der Waals surface area (Å²) >= 11 is 6.62. The number of likely N-dealkylation sites (N-methyl/N-ethyl adjacent to an activating group) is 1. The summed E-state index contributed by atoms with van der Waals surface area (Å²) in [4.78, 5) is 0. The Bertz CT molecular complexity index is 410. The van der Waals surface area contributed by atoms with Crippen molar-refractivity contribution in [1.29, 1.82) is 0 Å². The molecule has 0 radical (unpaired) electrons. The molecule has 144 valence electrons. The average Bonchev–Trinajstić information content (AvgIpc) is 2.58. The van der Waals surface area contributed by atoms with Crippen molar-refractivity contribution in [1.82, 2.24) is 0 Å². The second-order valence-corrected chi connectivity index (χ2v) is 8.94. The Labute approximate surface area is 162 Å². The molecule has 0 aliphatic rings. The first kappa shape index (κ1) is 22.5. The molecule has 0 spiro atoms. The number of unbranched alkanes of at least 4 members (excludes halogenated alkanes) is 10. The fourth-order valence-corrected chi connectivity index (χ4v) is 3.72. The van der Waals surface area contributed by atoms with E-state index in [2.05, 4.69) is 51.4 Å². The highest BCUT2D eigenvalue weighted by molar-refractivity contribution is 6.06. The van der Waals surface area contributed by atoms with Gasteiger partial charge in [-0.25, -0.2) is 4.00 Å². The van der Waals surface area contributed by atoms with Gasteiger partial charge in [0.1, 0.15) is 6.04 Å². The summed E-state index contributed by atoms with van der Waals surface area (Å²) in [5, 5.41) is 0. The molecule has 25 heavy (non-hydrogen) atoms. The van der Waals surface area contributed by atoms with Crippen molar-refractivity contribution in [3.63, 3.8) is 0 Å². The summed E-state index contributed by atoms with van der Waals surface area (Å²) in [5.74, 6) is 0. The zero-order valence-corrected chi connectivity index (χ0v) is 17.7. The van der Waals surface area contributed by atoms with Gasteiger partial charge in [0.15, 0.2) is 11.8 Å². The Morgan fingerprint density at radius 1 is 0.760 bits per heavy atom. The van der Waals surface area contributed by atoms with Crippen LogP contribution < -0.4 is 0 Å². The van der Waals surface area contributed by atoms with Gasteiger partial charge in [-0.3, -0.25) is 0 Å². The number of hydrogen-bond acceptors (Lipinski definition) is 0. The first-order chi connectivity index (χ1) is 12.0. The van der Waals surface area contributed by atoms with Crippen molar-refractivity contribution in [2.24, 2.45) is 0 Å². The summed E-state index contributed by atoms with van der Waals surface area (Å²) in [5.41, 5.74) is 1.41. The van der Waals surface area contributed by atoms with E-state index < -0.39 is 0 Å². The highest BCUT2D eigenvalue weighted by atomic mass is 35.5. The van der Waals surface area contributed by atoms with Crippen molar-refractivity contribution in [2.75, 3.05) is 14.1 Å². The molecule has 1 nitrogen and oxygen atoms in total. The molecular formula is C23H41ClN+. The van der Waals surface area contributed by atoms with Gasteiger partial charge in [-0.05, 0) is 12.0 Å².